The zero-order valence-electron chi connectivity index (χ0n) is 14.2. The lowest BCUT2D eigenvalue weighted by Gasteiger charge is -2.27. The molecule has 128 valence electrons. The van der Waals surface area contributed by atoms with Gasteiger partial charge in [-0.2, -0.15) is 0 Å². The van der Waals surface area contributed by atoms with Crippen molar-refractivity contribution in [3.8, 4) is 5.75 Å². The number of hydrogen-bond donors (Lipinski definition) is 2. The number of ether oxygens (including phenoxy) is 1. The molecule has 25 heavy (non-hydrogen) atoms. The summed E-state index contributed by atoms with van der Waals surface area (Å²) in [6.45, 7) is 3.92. The van der Waals surface area contributed by atoms with Crippen LogP contribution in [-0.4, -0.2) is 29.1 Å². The first-order chi connectivity index (χ1) is 12.2. The van der Waals surface area contributed by atoms with Crippen LogP contribution < -0.4 is 10.1 Å². The number of aromatic nitrogens is 1. The lowest BCUT2D eigenvalue weighted by atomic mass is 10.0. The van der Waals surface area contributed by atoms with Crippen LogP contribution in [0, 0.1) is 0 Å². The Morgan fingerprint density at radius 1 is 1.20 bits per heavy atom. The smallest absolute Gasteiger partial charge is 0.322 e. The van der Waals surface area contributed by atoms with Gasteiger partial charge < -0.3 is 19.9 Å². The highest BCUT2D eigenvalue weighted by molar-refractivity contribution is 5.91. The van der Waals surface area contributed by atoms with Crippen molar-refractivity contribution in [1.29, 1.82) is 0 Å². The van der Waals surface area contributed by atoms with E-state index in [2.05, 4.69) is 22.4 Å². The fraction of sp³-hybridized carbons (Fsp3) is 0.250. The van der Waals surface area contributed by atoms with Crippen molar-refractivity contribution < 1.29 is 9.53 Å². The molecule has 1 aromatic heterocycles. The van der Waals surface area contributed by atoms with Gasteiger partial charge in [0.2, 0.25) is 0 Å². The Balaban J connectivity index is 1.48. The molecule has 0 fully saturated rings. The van der Waals surface area contributed by atoms with E-state index in [0.29, 0.717) is 19.7 Å². The van der Waals surface area contributed by atoms with Crippen LogP contribution in [0.25, 0.3) is 10.9 Å². The molecule has 5 heteroatoms. The topological polar surface area (TPSA) is 57.4 Å². The highest BCUT2D eigenvalue weighted by Crippen LogP contribution is 2.28. The molecule has 0 radical (unpaired) electrons. The Labute approximate surface area is 146 Å². The number of urea groups is 1. The molecule has 2 aromatic carbocycles. The van der Waals surface area contributed by atoms with E-state index < -0.39 is 0 Å². The molecule has 5 nitrogen and oxygen atoms in total. The summed E-state index contributed by atoms with van der Waals surface area (Å²) in [5.41, 5.74) is 4.38. The average molecular weight is 335 g/mol. The van der Waals surface area contributed by atoms with E-state index in [9.17, 15) is 4.79 Å². The van der Waals surface area contributed by atoms with Crippen molar-refractivity contribution in [2.45, 2.75) is 19.9 Å². The molecule has 0 bridgehead atoms. The van der Waals surface area contributed by atoms with Crippen molar-refractivity contribution in [3.63, 3.8) is 0 Å². The van der Waals surface area contributed by atoms with Crippen LogP contribution in [0.1, 0.15) is 18.2 Å². The lowest BCUT2D eigenvalue weighted by Crippen LogP contribution is -2.38. The first kappa shape index (κ1) is 15.6. The van der Waals surface area contributed by atoms with E-state index in [1.165, 1.54) is 16.6 Å². The normalized spacial score (nSPS) is 13.6. The highest BCUT2D eigenvalue weighted by Gasteiger charge is 2.23. The van der Waals surface area contributed by atoms with E-state index in [4.69, 9.17) is 4.74 Å². The number of benzene rings is 2. The lowest BCUT2D eigenvalue weighted by molar-refractivity contribution is 0.206. The Morgan fingerprint density at radius 2 is 2.00 bits per heavy atom. The fourth-order valence-corrected chi connectivity index (χ4v) is 3.34. The number of nitrogens with one attached hydrogen (secondary N) is 2. The molecule has 2 heterocycles. The standard InChI is InChI=1S/C20H21N3O2/c1-2-25-15-9-7-14(8-10-15)21-20(24)23-12-11-19-17(13-23)16-5-3-4-6-18(16)22-19/h3-10,22H,2,11-13H2,1H3,(H,21,24). The summed E-state index contributed by atoms with van der Waals surface area (Å²) in [6.07, 6.45) is 0.848. The SMILES string of the molecule is CCOc1ccc(NC(=O)N2CCc3[nH]c4ccccc4c3C2)cc1. The number of hydrogen-bond acceptors (Lipinski definition) is 2. The minimum atomic E-state index is -0.0694. The number of amides is 2. The highest BCUT2D eigenvalue weighted by atomic mass is 16.5. The number of nitrogens with zero attached hydrogens (tertiary/aromatic N) is 1. The second kappa shape index (κ2) is 6.51. The van der Waals surface area contributed by atoms with Gasteiger partial charge in [-0.05, 0) is 37.3 Å². The average Bonchev–Trinajstić information content (AvgIpc) is 3.01. The number of fused-ring (bicyclic) bond motifs is 3. The van der Waals surface area contributed by atoms with Crippen LogP contribution >= 0.6 is 0 Å². The van der Waals surface area contributed by atoms with E-state index in [0.717, 1.165) is 23.4 Å². The van der Waals surface area contributed by atoms with Gasteiger partial charge in [-0.15, -0.1) is 0 Å². The minimum absolute atomic E-state index is 0.0694. The number of para-hydroxylation sites is 1. The van der Waals surface area contributed by atoms with Crippen LogP contribution in [0.15, 0.2) is 48.5 Å². The van der Waals surface area contributed by atoms with Gasteiger partial charge in [-0.3, -0.25) is 0 Å². The molecule has 2 amide bonds. The van der Waals surface area contributed by atoms with Crippen molar-refractivity contribution in [3.05, 3.63) is 59.8 Å². The van der Waals surface area contributed by atoms with Gasteiger partial charge in [-0.1, -0.05) is 18.2 Å². The van der Waals surface area contributed by atoms with Gasteiger partial charge >= 0.3 is 6.03 Å². The van der Waals surface area contributed by atoms with Crippen LogP contribution in [0.5, 0.6) is 5.75 Å². The fourth-order valence-electron chi connectivity index (χ4n) is 3.34. The molecule has 0 saturated carbocycles. The van der Waals surface area contributed by atoms with E-state index in [-0.39, 0.29) is 6.03 Å². The van der Waals surface area contributed by atoms with Gasteiger partial charge in [0.25, 0.3) is 0 Å². The van der Waals surface area contributed by atoms with Crippen LogP contribution in [0.4, 0.5) is 10.5 Å². The number of carbonyl (C=O) groups is 1. The van der Waals surface area contributed by atoms with E-state index >= 15 is 0 Å². The molecule has 2 N–H and O–H groups in total. The maximum atomic E-state index is 12.6. The summed E-state index contributed by atoms with van der Waals surface area (Å²) >= 11 is 0. The largest absolute Gasteiger partial charge is 0.494 e. The van der Waals surface area contributed by atoms with Crippen LogP contribution in [-0.2, 0) is 13.0 Å². The molecule has 0 aliphatic carbocycles. The number of aromatic amines is 1. The summed E-state index contributed by atoms with van der Waals surface area (Å²) in [6, 6.07) is 15.7. The second-order valence-corrected chi connectivity index (χ2v) is 6.19. The van der Waals surface area contributed by atoms with Crippen molar-refractivity contribution in [1.82, 2.24) is 9.88 Å². The van der Waals surface area contributed by atoms with Gasteiger partial charge in [0.1, 0.15) is 5.75 Å². The third kappa shape index (κ3) is 3.05. The predicted octanol–water partition coefficient (Wildman–Crippen LogP) is 4.16. The molecule has 0 atom stereocenters. The molecule has 1 aliphatic heterocycles. The molecule has 3 aromatic rings. The third-order valence-corrected chi connectivity index (χ3v) is 4.59. The van der Waals surface area contributed by atoms with Gasteiger partial charge in [0.15, 0.2) is 0 Å². The first-order valence-electron chi connectivity index (χ1n) is 8.62. The van der Waals surface area contributed by atoms with Gasteiger partial charge in [0.05, 0.1) is 6.61 Å². The molecular weight excluding hydrogens is 314 g/mol. The summed E-state index contributed by atoms with van der Waals surface area (Å²) in [5, 5.41) is 4.18. The zero-order valence-corrected chi connectivity index (χ0v) is 14.2. The molecular formula is C20H21N3O2. The first-order valence-corrected chi connectivity index (χ1v) is 8.62. The van der Waals surface area contributed by atoms with Gasteiger partial charge in [0, 0.05) is 47.4 Å². The third-order valence-electron chi connectivity index (χ3n) is 4.59. The molecule has 0 spiro atoms. The number of anilines is 1. The van der Waals surface area contributed by atoms with Crippen molar-refractivity contribution >= 4 is 22.6 Å². The number of H-pyrrole nitrogens is 1. The Bertz CT molecular complexity index is 899. The summed E-state index contributed by atoms with van der Waals surface area (Å²) in [4.78, 5) is 18.0. The van der Waals surface area contributed by atoms with E-state index in [1.54, 1.807) is 0 Å². The summed E-state index contributed by atoms with van der Waals surface area (Å²) in [7, 11) is 0. The quantitative estimate of drug-likeness (QED) is 0.755. The molecule has 0 unspecified atom stereocenters. The Hall–Kier alpha value is -2.95. The molecule has 4 rings (SSSR count). The van der Waals surface area contributed by atoms with Crippen molar-refractivity contribution in [2.75, 3.05) is 18.5 Å². The predicted molar refractivity (Wildman–Crippen MR) is 99.0 cm³/mol. The maximum Gasteiger partial charge on any atom is 0.322 e. The maximum absolute atomic E-state index is 12.6. The minimum Gasteiger partial charge on any atom is -0.494 e. The van der Waals surface area contributed by atoms with Crippen LogP contribution in [0.3, 0.4) is 0 Å². The molecule has 0 saturated heterocycles. The number of rotatable bonds is 3. The van der Waals surface area contributed by atoms with Crippen LogP contribution in [0.2, 0.25) is 0 Å². The monoisotopic (exact) mass is 335 g/mol. The summed E-state index contributed by atoms with van der Waals surface area (Å²) < 4.78 is 5.43. The Morgan fingerprint density at radius 3 is 2.80 bits per heavy atom. The van der Waals surface area contributed by atoms with Crippen molar-refractivity contribution in [2.24, 2.45) is 0 Å². The number of carbonyl (C=O) groups excluding carboxylic acids is 1. The van der Waals surface area contributed by atoms with E-state index in [1.807, 2.05) is 48.2 Å². The molecule has 1 aliphatic rings. The summed E-state index contributed by atoms with van der Waals surface area (Å²) in [5.74, 6) is 0.807. The zero-order chi connectivity index (χ0) is 17.2. The Kier molecular flexibility index (Phi) is 4.06. The second-order valence-electron chi connectivity index (χ2n) is 6.19. The van der Waals surface area contributed by atoms with Gasteiger partial charge in [-0.25, -0.2) is 4.79 Å².